The van der Waals surface area contributed by atoms with Crippen LogP contribution in [0.2, 0.25) is 0 Å². The number of ether oxygens (including phenoxy) is 1. The van der Waals surface area contributed by atoms with Gasteiger partial charge in [-0.2, -0.15) is 0 Å². The molecule has 0 aliphatic carbocycles. The van der Waals surface area contributed by atoms with Gasteiger partial charge in [0.25, 0.3) is 0 Å². The summed E-state index contributed by atoms with van der Waals surface area (Å²) >= 11 is 0. The van der Waals surface area contributed by atoms with Crippen molar-refractivity contribution in [3.8, 4) is 0 Å². The van der Waals surface area contributed by atoms with E-state index in [-0.39, 0.29) is 30.0 Å². The molecule has 1 saturated heterocycles. The Balaban J connectivity index is 1.57. The summed E-state index contributed by atoms with van der Waals surface area (Å²) in [5.41, 5.74) is 3.74. The predicted octanol–water partition coefficient (Wildman–Crippen LogP) is 3.52. The highest BCUT2D eigenvalue weighted by molar-refractivity contribution is 5.87. The summed E-state index contributed by atoms with van der Waals surface area (Å²) in [6, 6.07) is 10.9. The number of fused-ring (bicyclic) bond motifs is 5. The van der Waals surface area contributed by atoms with Gasteiger partial charge in [0.2, 0.25) is 5.91 Å². The Morgan fingerprint density at radius 1 is 1.08 bits per heavy atom. The SMILES string of the molecule is COC(=O)[C@@H]1Cc2c([nH]c3ccccc23)[C@@H]2C[C@H](NCCNC(C)=O)C[C@@H](c3ccc(F)c(F)c3)N12. The quantitative estimate of drug-likeness (QED) is 0.359. The molecule has 3 aromatic rings. The van der Waals surface area contributed by atoms with Gasteiger partial charge in [-0.15, -0.1) is 0 Å². The van der Waals surface area contributed by atoms with Gasteiger partial charge < -0.3 is 20.4 Å². The molecule has 0 radical (unpaired) electrons. The highest BCUT2D eigenvalue weighted by atomic mass is 19.2. The first-order valence-electron chi connectivity index (χ1n) is 12.2. The molecule has 190 valence electrons. The second-order valence-electron chi connectivity index (χ2n) is 9.56. The van der Waals surface area contributed by atoms with E-state index in [1.165, 1.54) is 20.1 Å². The Kier molecular flexibility index (Phi) is 6.77. The Hall–Kier alpha value is -3.30. The van der Waals surface area contributed by atoms with Gasteiger partial charge >= 0.3 is 5.97 Å². The number of halogens is 2. The molecule has 1 aromatic heterocycles. The summed E-state index contributed by atoms with van der Waals surface area (Å²) in [5.74, 6) is -2.26. The molecule has 7 nitrogen and oxygen atoms in total. The molecule has 9 heteroatoms. The fourth-order valence-corrected chi connectivity index (χ4v) is 5.87. The maximum absolute atomic E-state index is 14.3. The summed E-state index contributed by atoms with van der Waals surface area (Å²) in [6.45, 7) is 2.53. The number of esters is 1. The van der Waals surface area contributed by atoms with Crippen molar-refractivity contribution in [3.63, 3.8) is 0 Å². The van der Waals surface area contributed by atoms with E-state index < -0.39 is 17.7 Å². The van der Waals surface area contributed by atoms with E-state index in [1.807, 2.05) is 24.3 Å². The van der Waals surface area contributed by atoms with Crippen LogP contribution in [0.4, 0.5) is 8.78 Å². The summed E-state index contributed by atoms with van der Waals surface area (Å²) in [5, 5.41) is 7.38. The fourth-order valence-electron chi connectivity index (χ4n) is 5.87. The molecule has 0 spiro atoms. The molecule has 0 unspecified atom stereocenters. The zero-order valence-electron chi connectivity index (χ0n) is 20.3. The van der Waals surface area contributed by atoms with Crippen LogP contribution in [0.25, 0.3) is 10.9 Å². The molecule has 1 fully saturated rings. The number of amides is 1. The number of methoxy groups -OCH3 is 1. The zero-order chi connectivity index (χ0) is 25.4. The number of benzene rings is 2. The molecule has 0 bridgehead atoms. The fraction of sp³-hybridized carbons (Fsp3) is 0.407. The zero-order valence-corrected chi connectivity index (χ0v) is 20.3. The monoisotopic (exact) mass is 496 g/mol. The number of hydrogen-bond acceptors (Lipinski definition) is 5. The Morgan fingerprint density at radius 3 is 2.61 bits per heavy atom. The van der Waals surface area contributed by atoms with Crippen molar-refractivity contribution in [1.82, 2.24) is 20.5 Å². The number of hydrogen-bond donors (Lipinski definition) is 3. The number of H-pyrrole nitrogens is 1. The highest BCUT2D eigenvalue weighted by Gasteiger charge is 2.48. The molecular weight excluding hydrogens is 466 g/mol. The van der Waals surface area contributed by atoms with Crippen LogP contribution in [0, 0.1) is 11.6 Å². The van der Waals surface area contributed by atoms with Crippen LogP contribution in [0.15, 0.2) is 42.5 Å². The van der Waals surface area contributed by atoms with Crippen LogP contribution in [0.3, 0.4) is 0 Å². The number of para-hydroxylation sites is 1. The average molecular weight is 497 g/mol. The van der Waals surface area contributed by atoms with Gasteiger partial charge in [0.15, 0.2) is 11.6 Å². The van der Waals surface area contributed by atoms with Gasteiger partial charge in [0.1, 0.15) is 6.04 Å². The standard InChI is InChI=1S/C27H30F2N4O3/c1-15(34)30-9-10-31-17-12-23(16-7-8-20(28)21(29)11-16)33-24(13-17)26-19(14-25(33)27(35)36-2)18-5-3-4-6-22(18)32-26/h3-8,11,17,23-25,31-32H,9-10,12-14H2,1-2H3,(H,30,34)/t17-,23+,24+,25+/m1/s1. The second-order valence-corrected chi connectivity index (χ2v) is 9.56. The minimum Gasteiger partial charge on any atom is -0.468 e. The van der Waals surface area contributed by atoms with E-state index in [0.717, 1.165) is 28.2 Å². The largest absolute Gasteiger partial charge is 0.468 e. The van der Waals surface area contributed by atoms with Crippen LogP contribution in [-0.2, 0) is 20.7 Å². The number of aromatic nitrogens is 1. The van der Waals surface area contributed by atoms with Crippen molar-refractivity contribution in [2.24, 2.45) is 0 Å². The normalized spacial score (nSPS) is 23.7. The topological polar surface area (TPSA) is 86.5 Å². The van der Waals surface area contributed by atoms with Crippen molar-refractivity contribution in [2.45, 2.75) is 50.4 Å². The van der Waals surface area contributed by atoms with Crippen LogP contribution >= 0.6 is 0 Å². The number of carbonyl (C=O) groups is 2. The van der Waals surface area contributed by atoms with Crippen LogP contribution in [0.5, 0.6) is 0 Å². The van der Waals surface area contributed by atoms with E-state index in [9.17, 15) is 18.4 Å². The van der Waals surface area contributed by atoms with E-state index in [1.54, 1.807) is 6.07 Å². The Labute approximate surface area is 208 Å². The molecule has 3 heterocycles. The van der Waals surface area contributed by atoms with Crippen molar-refractivity contribution in [2.75, 3.05) is 20.2 Å². The van der Waals surface area contributed by atoms with Gasteiger partial charge in [0.05, 0.1) is 13.2 Å². The first kappa shape index (κ1) is 24.4. The van der Waals surface area contributed by atoms with E-state index in [2.05, 4.69) is 20.5 Å². The number of nitrogens with zero attached hydrogens (tertiary/aromatic N) is 1. The van der Waals surface area contributed by atoms with Crippen molar-refractivity contribution in [1.29, 1.82) is 0 Å². The second kappa shape index (κ2) is 9.99. The molecule has 5 rings (SSSR count). The minimum atomic E-state index is -0.914. The third-order valence-corrected chi connectivity index (χ3v) is 7.41. The lowest BCUT2D eigenvalue weighted by Crippen LogP contribution is -2.56. The lowest BCUT2D eigenvalue weighted by Gasteiger charge is -2.50. The van der Waals surface area contributed by atoms with Gasteiger partial charge in [-0.05, 0) is 42.2 Å². The number of rotatable bonds is 6. The maximum Gasteiger partial charge on any atom is 0.323 e. The first-order valence-corrected chi connectivity index (χ1v) is 12.2. The minimum absolute atomic E-state index is 0.0220. The van der Waals surface area contributed by atoms with Crippen LogP contribution < -0.4 is 10.6 Å². The third kappa shape index (κ3) is 4.49. The summed E-state index contributed by atoms with van der Waals surface area (Å²) in [7, 11) is 1.38. The summed E-state index contributed by atoms with van der Waals surface area (Å²) in [6.07, 6.45) is 1.75. The molecule has 0 saturated carbocycles. The Morgan fingerprint density at radius 2 is 1.86 bits per heavy atom. The Bertz CT molecular complexity index is 1290. The predicted molar refractivity (Wildman–Crippen MR) is 131 cm³/mol. The van der Waals surface area contributed by atoms with Gasteiger partial charge in [-0.3, -0.25) is 14.5 Å². The van der Waals surface area contributed by atoms with E-state index >= 15 is 0 Å². The van der Waals surface area contributed by atoms with E-state index in [0.29, 0.717) is 37.9 Å². The molecule has 1 amide bonds. The molecule has 2 aliphatic rings. The average Bonchev–Trinajstić information content (AvgIpc) is 3.25. The molecule has 4 atom stereocenters. The first-order chi connectivity index (χ1) is 17.4. The molecular formula is C27H30F2N4O3. The maximum atomic E-state index is 14.3. The van der Waals surface area contributed by atoms with Gasteiger partial charge in [-0.1, -0.05) is 24.3 Å². The molecule has 2 aliphatic heterocycles. The number of nitrogens with one attached hydrogen (secondary N) is 3. The van der Waals surface area contributed by atoms with Gasteiger partial charge in [-0.25, -0.2) is 8.78 Å². The lowest BCUT2D eigenvalue weighted by atomic mass is 9.79. The van der Waals surface area contributed by atoms with E-state index in [4.69, 9.17) is 4.74 Å². The third-order valence-electron chi connectivity index (χ3n) is 7.41. The molecule has 3 N–H and O–H groups in total. The van der Waals surface area contributed by atoms with Crippen molar-refractivity contribution in [3.05, 3.63) is 70.9 Å². The van der Waals surface area contributed by atoms with Crippen molar-refractivity contribution >= 4 is 22.8 Å². The number of carbonyl (C=O) groups excluding carboxylic acids is 2. The molecule has 2 aromatic carbocycles. The summed E-state index contributed by atoms with van der Waals surface area (Å²) < 4.78 is 33.4. The smallest absolute Gasteiger partial charge is 0.323 e. The highest BCUT2D eigenvalue weighted by Crippen LogP contribution is 2.48. The molecule has 36 heavy (non-hydrogen) atoms. The number of aromatic amines is 1. The van der Waals surface area contributed by atoms with Crippen molar-refractivity contribution < 1.29 is 23.1 Å². The lowest BCUT2D eigenvalue weighted by molar-refractivity contribution is -0.152. The van der Waals surface area contributed by atoms with Gasteiger partial charge in [0, 0.05) is 55.1 Å². The summed E-state index contributed by atoms with van der Waals surface area (Å²) in [4.78, 5) is 30.0. The van der Waals surface area contributed by atoms with Crippen LogP contribution in [0.1, 0.15) is 48.7 Å². The van der Waals surface area contributed by atoms with Crippen LogP contribution in [-0.4, -0.2) is 54.0 Å². The number of piperidine rings is 1.